The topological polar surface area (TPSA) is 18.1 Å². The molecule has 0 saturated heterocycles. The second-order valence-electron chi connectivity index (χ2n) is 13.6. The van der Waals surface area contributed by atoms with E-state index in [-0.39, 0.29) is 5.41 Å². The molecule has 0 saturated carbocycles. The van der Waals surface area contributed by atoms with Crippen molar-refractivity contribution in [2.45, 2.75) is 19.3 Å². The second-order valence-corrected chi connectivity index (χ2v) is 13.6. The van der Waals surface area contributed by atoms with E-state index in [0.717, 1.165) is 16.9 Å². The number of fused-ring (bicyclic) bond motifs is 18. The molecule has 0 radical (unpaired) electrons. The Bertz CT molecular complexity index is 2950. The highest BCUT2D eigenvalue weighted by Crippen LogP contribution is 2.58. The van der Waals surface area contributed by atoms with Gasteiger partial charge in [-0.2, -0.15) is 0 Å². The zero-order valence-electron chi connectivity index (χ0n) is 26.1. The molecule has 0 unspecified atom stereocenters. The van der Waals surface area contributed by atoms with Gasteiger partial charge in [-0.1, -0.05) is 129 Å². The van der Waals surface area contributed by atoms with E-state index < -0.39 is 0 Å². The summed E-state index contributed by atoms with van der Waals surface area (Å²) in [5, 5.41) is 12.5. The number of para-hydroxylation sites is 2. The van der Waals surface area contributed by atoms with Gasteiger partial charge in [-0.25, -0.2) is 0 Å². The molecular weight excluding hydrogens is 571 g/mol. The smallest absolute Gasteiger partial charge is 0.146 e. The highest BCUT2D eigenvalue weighted by atomic mass is 16.3. The summed E-state index contributed by atoms with van der Waals surface area (Å²) < 4.78 is 9.42. The van der Waals surface area contributed by atoms with Crippen molar-refractivity contribution in [2.75, 3.05) is 0 Å². The molecule has 11 rings (SSSR count). The van der Waals surface area contributed by atoms with Gasteiger partial charge in [0.25, 0.3) is 0 Å². The monoisotopic (exact) mass is 599 g/mol. The fourth-order valence-electron chi connectivity index (χ4n) is 8.98. The summed E-state index contributed by atoms with van der Waals surface area (Å²) in [5.74, 6) is 0. The predicted molar refractivity (Wildman–Crippen MR) is 198 cm³/mol. The first-order valence-electron chi connectivity index (χ1n) is 16.5. The minimum atomic E-state index is -0.220. The number of rotatable bonds is 1. The van der Waals surface area contributed by atoms with Crippen LogP contribution in [-0.4, -0.2) is 4.57 Å². The summed E-state index contributed by atoms with van der Waals surface area (Å²) in [6, 6.07) is 51.1. The van der Waals surface area contributed by atoms with E-state index in [1.807, 2.05) is 0 Å². The van der Waals surface area contributed by atoms with Crippen LogP contribution in [-0.2, 0) is 5.41 Å². The van der Waals surface area contributed by atoms with E-state index in [1.165, 1.54) is 87.1 Å². The summed E-state index contributed by atoms with van der Waals surface area (Å²) >= 11 is 0. The van der Waals surface area contributed by atoms with Crippen molar-refractivity contribution in [2.24, 2.45) is 0 Å². The summed E-state index contributed by atoms with van der Waals surface area (Å²) in [7, 11) is 0. The fraction of sp³-hybridized carbons (Fsp3) is 0.0667. The van der Waals surface area contributed by atoms with Gasteiger partial charge in [0.1, 0.15) is 11.2 Å². The molecule has 0 bridgehead atoms. The fourth-order valence-corrected chi connectivity index (χ4v) is 8.98. The summed E-state index contributed by atoms with van der Waals surface area (Å²) in [4.78, 5) is 0. The molecule has 0 amide bonds. The maximum absolute atomic E-state index is 6.89. The summed E-state index contributed by atoms with van der Waals surface area (Å²) in [6.45, 7) is 4.79. The van der Waals surface area contributed by atoms with Crippen LogP contribution >= 0.6 is 0 Å². The van der Waals surface area contributed by atoms with E-state index in [9.17, 15) is 0 Å². The molecule has 0 aliphatic heterocycles. The van der Waals surface area contributed by atoms with Crippen LogP contribution in [0, 0.1) is 0 Å². The highest BCUT2D eigenvalue weighted by Gasteiger charge is 2.41. The van der Waals surface area contributed by atoms with Gasteiger partial charge in [0.05, 0.1) is 16.4 Å². The Morgan fingerprint density at radius 1 is 0.511 bits per heavy atom. The van der Waals surface area contributed by atoms with Gasteiger partial charge in [0.2, 0.25) is 0 Å². The highest BCUT2D eigenvalue weighted by molar-refractivity contribution is 6.30. The minimum absolute atomic E-state index is 0.220. The van der Waals surface area contributed by atoms with Gasteiger partial charge in [0.15, 0.2) is 0 Å². The lowest BCUT2D eigenvalue weighted by atomic mass is 9.81. The molecule has 0 N–H and O–H groups in total. The molecule has 10 aromatic rings. The lowest BCUT2D eigenvalue weighted by Crippen LogP contribution is -2.16. The largest absolute Gasteiger partial charge is 0.455 e. The van der Waals surface area contributed by atoms with E-state index in [4.69, 9.17) is 4.42 Å². The van der Waals surface area contributed by atoms with Crippen LogP contribution in [0.1, 0.15) is 25.0 Å². The molecule has 0 atom stereocenters. The number of furan rings is 1. The summed E-state index contributed by atoms with van der Waals surface area (Å²) in [6.07, 6.45) is 0. The first kappa shape index (κ1) is 25.3. The van der Waals surface area contributed by atoms with Gasteiger partial charge < -0.3 is 8.98 Å². The quantitative estimate of drug-likeness (QED) is 0.172. The van der Waals surface area contributed by atoms with E-state index in [2.05, 4.69) is 158 Å². The maximum Gasteiger partial charge on any atom is 0.146 e. The molecule has 2 heteroatoms. The van der Waals surface area contributed by atoms with Crippen LogP contribution in [0.15, 0.2) is 144 Å². The van der Waals surface area contributed by atoms with Crippen LogP contribution in [0.25, 0.3) is 92.9 Å². The van der Waals surface area contributed by atoms with Crippen molar-refractivity contribution in [1.29, 1.82) is 0 Å². The zero-order chi connectivity index (χ0) is 31.0. The van der Waals surface area contributed by atoms with Crippen molar-refractivity contribution in [3.63, 3.8) is 0 Å². The molecule has 0 spiro atoms. The van der Waals surface area contributed by atoms with Gasteiger partial charge in [-0.3, -0.25) is 0 Å². The molecule has 1 aliphatic rings. The minimum Gasteiger partial charge on any atom is -0.455 e. The molecule has 47 heavy (non-hydrogen) atoms. The standard InChI is InChI=1S/C45H29NO/c1-45(2)36-20-10-7-17-32(36)39-40-34-19-9-12-22-38(34)47-44(40)41-33-18-8-11-21-37(33)46(43(41)42(39)45)26-23-24-31-29-15-4-3-13-27(29)28-14-5-6-16-30(28)35(31)25-26/h3-25H,1-2H3. The Morgan fingerprint density at radius 2 is 1.09 bits per heavy atom. The van der Waals surface area contributed by atoms with Crippen molar-refractivity contribution in [3.8, 4) is 16.8 Å². The van der Waals surface area contributed by atoms with Crippen LogP contribution in [0.3, 0.4) is 0 Å². The Kier molecular flexibility index (Phi) is 4.68. The van der Waals surface area contributed by atoms with Crippen molar-refractivity contribution < 1.29 is 4.42 Å². The van der Waals surface area contributed by atoms with Crippen LogP contribution in [0.4, 0.5) is 0 Å². The molecule has 1 aliphatic carbocycles. The van der Waals surface area contributed by atoms with Gasteiger partial charge in [-0.15, -0.1) is 0 Å². The number of hydrogen-bond acceptors (Lipinski definition) is 1. The Morgan fingerprint density at radius 3 is 1.83 bits per heavy atom. The van der Waals surface area contributed by atoms with Crippen molar-refractivity contribution >= 4 is 76.1 Å². The van der Waals surface area contributed by atoms with Crippen LogP contribution < -0.4 is 0 Å². The van der Waals surface area contributed by atoms with Gasteiger partial charge in [0, 0.05) is 27.3 Å². The average molecular weight is 600 g/mol. The Labute approximate surface area is 271 Å². The maximum atomic E-state index is 6.89. The molecule has 0 fully saturated rings. The number of nitrogens with zero attached hydrogens (tertiary/aromatic N) is 1. The van der Waals surface area contributed by atoms with Gasteiger partial charge in [-0.05, 0) is 78.8 Å². The number of hydrogen-bond donors (Lipinski definition) is 0. The zero-order valence-corrected chi connectivity index (χ0v) is 26.1. The Hall–Kier alpha value is -5.86. The molecular formula is C45H29NO. The van der Waals surface area contributed by atoms with Crippen LogP contribution in [0.5, 0.6) is 0 Å². The normalized spacial score (nSPS) is 13.9. The number of aromatic nitrogens is 1. The van der Waals surface area contributed by atoms with E-state index in [1.54, 1.807) is 0 Å². The average Bonchev–Trinajstić information content (AvgIpc) is 3.74. The lowest BCUT2D eigenvalue weighted by Gasteiger charge is -2.24. The molecule has 2 heterocycles. The van der Waals surface area contributed by atoms with Crippen LogP contribution in [0.2, 0.25) is 0 Å². The molecule has 2 nitrogen and oxygen atoms in total. The van der Waals surface area contributed by atoms with Crippen molar-refractivity contribution in [3.05, 3.63) is 151 Å². The third kappa shape index (κ3) is 3.06. The Balaban J connectivity index is 1.38. The first-order valence-corrected chi connectivity index (χ1v) is 16.5. The van der Waals surface area contributed by atoms with E-state index >= 15 is 0 Å². The molecule has 8 aromatic carbocycles. The van der Waals surface area contributed by atoms with E-state index in [0.29, 0.717) is 0 Å². The third-order valence-corrected chi connectivity index (χ3v) is 10.9. The van der Waals surface area contributed by atoms with Crippen molar-refractivity contribution in [1.82, 2.24) is 4.57 Å². The lowest BCUT2D eigenvalue weighted by molar-refractivity contribution is 0.662. The summed E-state index contributed by atoms with van der Waals surface area (Å²) in [5.41, 5.74) is 10.6. The van der Waals surface area contributed by atoms with Gasteiger partial charge >= 0.3 is 0 Å². The predicted octanol–water partition coefficient (Wildman–Crippen LogP) is 12.4. The first-order chi connectivity index (χ1) is 23.1. The molecule has 220 valence electrons. The third-order valence-electron chi connectivity index (χ3n) is 10.9. The SMILES string of the molecule is CC1(C)c2ccccc2-c2c1c1c(c3ccccc3n1-c1ccc3c4ccccc4c4ccccc4c3c1)c1oc3ccccc3c21. The number of benzene rings is 8. The second kappa shape index (κ2) is 8.69. The molecule has 2 aromatic heterocycles.